The lowest BCUT2D eigenvalue weighted by Crippen LogP contribution is -2.12. The first kappa shape index (κ1) is 20.5. The summed E-state index contributed by atoms with van der Waals surface area (Å²) in [6.07, 6.45) is 1.54. The molecule has 0 aliphatic carbocycles. The maximum absolute atomic E-state index is 12.8. The van der Waals surface area contributed by atoms with Crippen LogP contribution in [0.1, 0.15) is 15.9 Å². The third-order valence-corrected chi connectivity index (χ3v) is 4.29. The van der Waals surface area contributed by atoms with Gasteiger partial charge >= 0.3 is 0 Å². The van der Waals surface area contributed by atoms with Gasteiger partial charge in [-0.3, -0.25) is 4.79 Å². The number of Topliss-reactive ketones (excluding diaryl/α,β-unsaturated/α-hetero) is 1. The van der Waals surface area contributed by atoms with Crippen LogP contribution in [0.25, 0.3) is 6.08 Å². The molecule has 0 radical (unpaired) electrons. The Morgan fingerprint density at radius 1 is 1.04 bits per heavy atom. The average molecular weight is 391 g/mol. The maximum atomic E-state index is 12.8. The molecule has 6 nitrogen and oxygen atoms in total. The van der Waals surface area contributed by atoms with Crippen molar-refractivity contribution in [3.63, 3.8) is 0 Å². The second-order valence-corrected chi connectivity index (χ2v) is 6.32. The SMILES string of the molecule is COc1ccc(/C=C(/Cl)C(=O)c2ccc(N)c(N(C)C)c2)c(OC)c1OC. The predicted octanol–water partition coefficient (Wildman–Crippen LogP) is 3.82. The number of benzene rings is 2. The van der Waals surface area contributed by atoms with Crippen molar-refractivity contribution in [2.75, 3.05) is 46.1 Å². The van der Waals surface area contributed by atoms with Crippen molar-refractivity contribution in [2.45, 2.75) is 0 Å². The van der Waals surface area contributed by atoms with E-state index in [9.17, 15) is 4.79 Å². The third kappa shape index (κ3) is 4.28. The van der Waals surface area contributed by atoms with Crippen molar-refractivity contribution in [1.29, 1.82) is 0 Å². The van der Waals surface area contributed by atoms with Crippen molar-refractivity contribution in [2.24, 2.45) is 0 Å². The highest BCUT2D eigenvalue weighted by Gasteiger charge is 2.18. The molecule has 0 aromatic heterocycles. The second-order valence-electron chi connectivity index (χ2n) is 5.91. The fourth-order valence-corrected chi connectivity index (χ4v) is 2.88. The van der Waals surface area contributed by atoms with E-state index in [2.05, 4.69) is 0 Å². The molecule has 0 fully saturated rings. The van der Waals surface area contributed by atoms with Gasteiger partial charge < -0.3 is 24.8 Å². The van der Waals surface area contributed by atoms with Gasteiger partial charge in [-0.05, 0) is 36.4 Å². The molecule has 2 aromatic rings. The molecule has 0 spiro atoms. The summed E-state index contributed by atoms with van der Waals surface area (Å²) in [6, 6.07) is 8.50. The molecule has 7 heteroatoms. The molecule has 0 aliphatic heterocycles. The first-order chi connectivity index (χ1) is 12.8. The molecule has 0 amide bonds. The molecular weight excluding hydrogens is 368 g/mol. The molecule has 0 atom stereocenters. The van der Waals surface area contributed by atoms with Crippen LogP contribution >= 0.6 is 11.6 Å². The Kier molecular flexibility index (Phi) is 6.58. The van der Waals surface area contributed by atoms with Gasteiger partial charge in [0.25, 0.3) is 0 Å². The van der Waals surface area contributed by atoms with Gasteiger partial charge in [-0.1, -0.05) is 11.6 Å². The van der Waals surface area contributed by atoms with Crippen molar-refractivity contribution < 1.29 is 19.0 Å². The van der Waals surface area contributed by atoms with Crippen molar-refractivity contribution >= 4 is 34.8 Å². The van der Waals surface area contributed by atoms with Crippen LogP contribution in [-0.4, -0.2) is 41.2 Å². The van der Waals surface area contributed by atoms with E-state index in [1.807, 2.05) is 19.0 Å². The Morgan fingerprint density at radius 2 is 1.70 bits per heavy atom. The molecule has 144 valence electrons. The number of carbonyl (C=O) groups excluding carboxylic acids is 1. The minimum Gasteiger partial charge on any atom is -0.493 e. The van der Waals surface area contributed by atoms with Gasteiger partial charge in [-0.25, -0.2) is 0 Å². The fraction of sp³-hybridized carbons (Fsp3) is 0.250. The first-order valence-electron chi connectivity index (χ1n) is 8.11. The van der Waals surface area contributed by atoms with Crippen LogP contribution < -0.4 is 24.8 Å². The summed E-state index contributed by atoms with van der Waals surface area (Å²) in [7, 11) is 8.26. The highest BCUT2D eigenvalue weighted by atomic mass is 35.5. The number of ether oxygens (including phenoxy) is 3. The molecule has 0 heterocycles. The lowest BCUT2D eigenvalue weighted by molar-refractivity contribution is 0.104. The fourth-order valence-electron chi connectivity index (χ4n) is 2.65. The van der Waals surface area contributed by atoms with Gasteiger partial charge in [0, 0.05) is 25.2 Å². The summed E-state index contributed by atoms with van der Waals surface area (Å²) in [5, 5.41) is 0.0370. The number of rotatable bonds is 7. The van der Waals surface area contributed by atoms with Gasteiger partial charge in [0.05, 0.1) is 37.7 Å². The Bertz CT molecular complexity index is 879. The zero-order valence-corrected chi connectivity index (χ0v) is 16.8. The monoisotopic (exact) mass is 390 g/mol. The number of nitrogens with two attached hydrogens (primary N) is 1. The van der Waals surface area contributed by atoms with Crippen LogP contribution in [0.15, 0.2) is 35.4 Å². The van der Waals surface area contributed by atoms with E-state index < -0.39 is 0 Å². The number of methoxy groups -OCH3 is 3. The molecule has 0 unspecified atom stereocenters. The van der Waals surface area contributed by atoms with Crippen LogP contribution in [0.4, 0.5) is 11.4 Å². The zero-order valence-electron chi connectivity index (χ0n) is 16.0. The average Bonchev–Trinajstić information content (AvgIpc) is 2.66. The molecule has 2 N–H and O–H groups in total. The number of carbonyl (C=O) groups is 1. The molecule has 0 bridgehead atoms. The maximum Gasteiger partial charge on any atom is 0.204 e. The normalized spacial score (nSPS) is 11.1. The van der Waals surface area contributed by atoms with Crippen LogP contribution in [0.5, 0.6) is 17.2 Å². The van der Waals surface area contributed by atoms with Crippen molar-refractivity contribution in [3.05, 3.63) is 46.5 Å². The summed E-state index contributed by atoms with van der Waals surface area (Å²) in [4.78, 5) is 14.6. The predicted molar refractivity (Wildman–Crippen MR) is 109 cm³/mol. The Hall–Kier alpha value is -2.86. The Balaban J connectivity index is 2.46. The van der Waals surface area contributed by atoms with Gasteiger partial charge in [0.15, 0.2) is 11.5 Å². The number of nitrogen functional groups attached to an aromatic ring is 1. The Morgan fingerprint density at radius 3 is 2.26 bits per heavy atom. The Labute approximate surface area is 164 Å². The van der Waals surface area contributed by atoms with Gasteiger partial charge in [0.1, 0.15) is 0 Å². The summed E-state index contributed by atoms with van der Waals surface area (Å²) in [6.45, 7) is 0. The topological polar surface area (TPSA) is 74.0 Å². The quantitative estimate of drug-likeness (QED) is 0.440. The van der Waals surface area contributed by atoms with E-state index in [-0.39, 0.29) is 10.8 Å². The summed E-state index contributed by atoms with van der Waals surface area (Å²) >= 11 is 6.31. The minimum absolute atomic E-state index is 0.0370. The number of anilines is 2. The number of halogens is 1. The van der Waals surface area contributed by atoms with E-state index >= 15 is 0 Å². The lowest BCUT2D eigenvalue weighted by Gasteiger charge is -2.16. The largest absolute Gasteiger partial charge is 0.493 e. The van der Waals surface area contributed by atoms with E-state index in [0.717, 1.165) is 5.69 Å². The number of ketones is 1. The second kappa shape index (κ2) is 8.68. The summed E-state index contributed by atoms with van der Waals surface area (Å²) in [5.41, 5.74) is 8.30. The van der Waals surface area contributed by atoms with E-state index in [0.29, 0.717) is 34.1 Å². The number of hydrogen-bond acceptors (Lipinski definition) is 6. The molecule has 27 heavy (non-hydrogen) atoms. The highest BCUT2D eigenvalue weighted by Crippen LogP contribution is 2.41. The molecule has 0 aliphatic rings. The summed E-state index contributed by atoms with van der Waals surface area (Å²) < 4.78 is 16.0. The first-order valence-corrected chi connectivity index (χ1v) is 8.49. The third-order valence-electron chi connectivity index (χ3n) is 4.01. The zero-order chi connectivity index (χ0) is 20.1. The lowest BCUT2D eigenvalue weighted by atomic mass is 10.1. The van der Waals surface area contributed by atoms with E-state index in [1.54, 1.807) is 30.3 Å². The van der Waals surface area contributed by atoms with Crippen LogP contribution in [0.2, 0.25) is 0 Å². The number of hydrogen-bond donors (Lipinski definition) is 1. The van der Waals surface area contributed by atoms with Crippen molar-refractivity contribution in [3.8, 4) is 17.2 Å². The molecule has 0 saturated heterocycles. The number of allylic oxidation sites excluding steroid dienone is 1. The van der Waals surface area contributed by atoms with Crippen molar-refractivity contribution in [1.82, 2.24) is 0 Å². The number of nitrogens with zero attached hydrogens (tertiary/aromatic N) is 1. The smallest absolute Gasteiger partial charge is 0.204 e. The highest BCUT2D eigenvalue weighted by molar-refractivity contribution is 6.47. The van der Waals surface area contributed by atoms with Crippen LogP contribution in [0.3, 0.4) is 0 Å². The van der Waals surface area contributed by atoms with Gasteiger partial charge in [0.2, 0.25) is 11.5 Å². The van der Waals surface area contributed by atoms with Gasteiger partial charge in [-0.2, -0.15) is 0 Å². The van der Waals surface area contributed by atoms with E-state index in [4.69, 9.17) is 31.5 Å². The van der Waals surface area contributed by atoms with Crippen LogP contribution in [-0.2, 0) is 0 Å². The standard InChI is InChI=1S/C20H23ClN2O4/c1-23(2)16-11-12(6-8-15(16)22)18(24)14(21)10-13-7-9-17(25-3)20(27-5)19(13)26-4/h6-11H,22H2,1-5H3/b14-10+. The van der Waals surface area contributed by atoms with Gasteiger partial charge in [-0.15, -0.1) is 0 Å². The van der Waals surface area contributed by atoms with Crippen LogP contribution in [0, 0.1) is 0 Å². The molecule has 2 aromatic carbocycles. The summed E-state index contributed by atoms with van der Waals surface area (Å²) in [5.74, 6) is 1.04. The molecular formula is C20H23ClN2O4. The molecule has 0 saturated carbocycles. The van der Waals surface area contributed by atoms with E-state index in [1.165, 1.54) is 27.4 Å². The minimum atomic E-state index is -0.323. The molecule has 2 rings (SSSR count).